The Balaban J connectivity index is 1.64. The number of carbonyl (C=O) groups excluding carboxylic acids is 2. The van der Waals surface area contributed by atoms with Gasteiger partial charge in [0.1, 0.15) is 5.60 Å². The summed E-state index contributed by atoms with van der Waals surface area (Å²) in [6, 6.07) is 9.42. The van der Waals surface area contributed by atoms with Gasteiger partial charge in [-0.25, -0.2) is 9.59 Å². The van der Waals surface area contributed by atoms with E-state index in [9.17, 15) is 14.9 Å². The molecule has 9 heteroatoms. The largest absolute Gasteiger partial charge is 0.444 e. The van der Waals surface area contributed by atoms with Crippen LogP contribution in [-0.2, 0) is 4.74 Å². The number of piperidine rings is 1. The topological polar surface area (TPSA) is 88.9 Å². The summed E-state index contributed by atoms with van der Waals surface area (Å²) in [6.07, 6.45) is 3.40. The summed E-state index contributed by atoms with van der Waals surface area (Å²) in [7, 11) is 0. The number of carbonyl (C=O) groups is 2. The zero-order chi connectivity index (χ0) is 23.3. The molecule has 1 atom stereocenters. The Morgan fingerprint density at radius 3 is 2.62 bits per heavy atom. The summed E-state index contributed by atoms with van der Waals surface area (Å²) in [6.45, 7) is 8.75. The van der Waals surface area contributed by atoms with Crippen LogP contribution in [0.5, 0.6) is 0 Å². The van der Waals surface area contributed by atoms with Crippen LogP contribution in [0, 0.1) is 17.2 Å². The molecule has 2 fully saturated rings. The molecule has 174 valence electrons. The lowest BCUT2D eigenvalue weighted by atomic mass is 9.96. The predicted molar refractivity (Wildman–Crippen MR) is 126 cm³/mol. The first kappa shape index (κ1) is 24.2. The summed E-state index contributed by atoms with van der Waals surface area (Å²) >= 11 is 1.55. The Labute approximate surface area is 195 Å². The third kappa shape index (κ3) is 6.30. The Morgan fingerprint density at radius 1 is 1.28 bits per heavy atom. The van der Waals surface area contributed by atoms with Crippen LogP contribution in [0.1, 0.15) is 39.2 Å². The number of ether oxygens (including phenoxy) is 1. The quantitative estimate of drug-likeness (QED) is 0.676. The van der Waals surface area contributed by atoms with E-state index in [4.69, 9.17) is 4.74 Å². The van der Waals surface area contributed by atoms with Crippen LogP contribution in [-0.4, -0.2) is 72.5 Å². The van der Waals surface area contributed by atoms with Crippen LogP contribution in [0.25, 0.3) is 0 Å². The fourth-order valence-electron chi connectivity index (χ4n) is 4.16. The van der Waals surface area contributed by atoms with Gasteiger partial charge in [-0.2, -0.15) is 5.26 Å². The highest BCUT2D eigenvalue weighted by molar-refractivity contribution is 7.96. The van der Waals surface area contributed by atoms with Gasteiger partial charge in [0.15, 0.2) is 0 Å². The number of benzene rings is 1. The van der Waals surface area contributed by atoms with Crippen molar-refractivity contribution < 1.29 is 14.3 Å². The average Bonchev–Trinajstić information content (AvgIpc) is 2.75. The van der Waals surface area contributed by atoms with E-state index >= 15 is 0 Å². The van der Waals surface area contributed by atoms with Gasteiger partial charge in [0.25, 0.3) is 0 Å². The molecule has 3 amide bonds. The zero-order valence-corrected chi connectivity index (χ0v) is 20.2. The molecule has 2 heterocycles. The Kier molecular flexibility index (Phi) is 7.91. The van der Waals surface area contributed by atoms with Gasteiger partial charge in [0.2, 0.25) is 0 Å². The highest BCUT2D eigenvalue weighted by Crippen LogP contribution is 2.26. The van der Waals surface area contributed by atoms with E-state index in [1.807, 2.05) is 44.1 Å². The number of likely N-dealkylation sites (tertiary alicyclic amines) is 1. The summed E-state index contributed by atoms with van der Waals surface area (Å²) in [4.78, 5) is 31.1. The molecule has 2 saturated heterocycles. The second kappa shape index (κ2) is 10.5. The molecule has 3 rings (SSSR count). The summed E-state index contributed by atoms with van der Waals surface area (Å²) in [5, 5.41) is 9.24. The van der Waals surface area contributed by atoms with Gasteiger partial charge in [-0.3, -0.25) is 9.62 Å². The van der Waals surface area contributed by atoms with Crippen molar-refractivity contribution in [1.82, 2.24) is 14.5 Å². The molecule has 1 N–H and O–H groups in total. The minimum absolute atomic E-state index is 0.0335. The molecule has 0 radical (unpaired) electrons. The number of amides is 3. The first-order valence-electron chi connectivity index (χ1n) is 11.0. The molecule has 2 aliphatic rings. The number of nitrogens with one attached hydrogen (secondary N) is 1. The van der Waals surface area contributed by atoms with Gasteiger partial charge in [-0.1, -0.05) is 18.0 Å². The normalized spacial score (nSPS) is 20.3. The predicted octanol–water partition coefficient (Wildman–Crippen LogP) is 3.68. The van der Waals surface area contributed by atoms with E-state index < -0.39 is 5.60 Å². The first-order valence-corrected chi connectivity index (χ1v) is 12.3. The molecular weight excluding hydrogens is 426 g/mol. The molecule has 0 aliphatic carbocycles. The fourth-order valence-corrected chi connectivity index (χ4v) is 4.64. The molecular formula is C23H33N5O3S. The van der Waals surface area contributed by atoms with Crippen molar-refractivity contribution in [3.8, 4) is 6.07 Å². The van der Waals surface area contributed by atoms with Crippen molar-refractivity contribution in [1.29, 1.82) is 5.26 Å². The first-order chi connectivity index (χ1) is 15.2. The molecule has 32 heavy (non-hydrogen) atoms. The van der Waals surface area contributed by atoms with Gasteiger partial charge in [0.05, 0.1) is 17.7 Å². The minimum Gasteiger partial charge on any atom is -0.444 e. The van der Waals surface area contributed by atoms with E-state index in [0.717, 1.165) is 18.5 Å². The Bertz CT molecular complexity index is 858. The minimum atomic E-state index is -0.500. The van der Waals surface area contributed by atoms with Crippen molar-refractivity contribution in [2.24, 2.45) is 5.92 Å². The third-order valence-corrected chi connectivity index (χ3v) is 6.23. The van der Waals surface area contributed by atoms with Crippen LogP contribution in [0.2, 0.25) is 0 Å². The highest BCUT2D eigenvalue weighted by atomic mass is 32.2. The molecule has 1 unspecified atom stereocenters. The monoisotopic (exact) mass is 459 g/mol. The molecule has 8 nitrogen and oxygen atoms in total. The van der Waals surface area contributed by atoms with Crippen molar-refractivity contribution in [2.75, 3.05) is 43.9 Å². The average molecular weight is 460 g/mol. The van der Waals surface area contributed by atoms with Crippen LogP contribution < -0.4 is 9.62 Å². The van der Waals surface area contributed by atoms with Gasteiger partial charge >= 0.3 is 12.1 Å². The lowest BCUT2D eigenvalue weighted by Crippen LogP contribution is -2.60. The summed E-state index contributed by atoms with van der Waals surface area (Å²) < 4.78 is 8.88. The number of urea groups is 1. The van der Waals surface area contributed by atoms with Gasteiger partial charge in [0, 0.05) is 38.4 Å². The molecule has 0 aromatic heterocycles. The Morgan fingerprint density at radius 2 is 2.00 bits per heavy atom. The van der Waals surface area contributed by atoms with Crippen molar-refractivity contribution in [3.63, 3.8) is 0 Å². The number of rotatable bonds is 5. The molecule has 0 bridgehead atoms. The Hall–Kier alpha value is -2.44. The van der Waals surface area contributed by atoms with Crippen molar-refractivity contribution >= 4 is 29.8 Å². The van der Waals surface area contributed by atoms with Gasteiger partial charge < -0.3 is 14.5 Å². The van der Waals surface area contributed by atoms with E-state index in [1.54, 1.807) is 33.9 Å². The summed E-state index contributed by atoms with van der Waals surface area (Å²) in [5.74, 6) is 0.331. The van der Waals surface area contributed by atoms with E-state index in [-0.39, 0.29) is 18.2 Å². The number of anilines is 1. The van der Waals surface area contributed by atoms with Crippen LogP contribution >= 0.6 is 11.9 Å². The summed E-state index contributed by atoms with van der Waals surface area (Å²) in [5.41, 5.74) is 0.780. The number of hydrogen-bond donors (Lipinski definition) is 1. The smallest absolute Gasteiger partial charge is 0.410 e. The van der Waals surface area contributed by atoms with Crippen LogP contribution in [0.15, 0.2) is 24.3 Å². The van der Waals surface area contributed by atoms with Crippen LogP contribution in [0.3, 0.4) is 0 Å². The number of hydrogen-bond acceptors (Lipinski definition) is 6. The maximum Gasteiger partial charge on any atom is 0.410 e. The second-order valence-electron chi connectivity index (χ2n) is 9.39. The molecule has 0 saturated carbocycles. The maximum absolute atomic E-state index is 13.3. The molecule has 2 aliphatic heterocycles. The van der Waals surface area contributed by atoms with Crippen molar-refractivity contribution in [3.05, 3.63) is 29.8 Å². The standard InChI is InChI=1S/C23H33N5O3S/c1-23(2,3)31-22(30)26-10-8-17(9-11-26)14-27-15-19(25-32-4)16-28(21(27)29)20-7-5-6-18(12-20)13-24/h5-7,12,17,19,25H,8-11,14-16H2,1-4H3. The molecule has 1 aromatic carbocycles. The molecule has 1 aromatic rings. The van der Waals surface area contributed by atoms with E-state index in [2.05, 4.69) is 10.8 Å². The lowest BCUT2D eigenvalue weighted by molar-refractivity contribution is 0.0172. The highest BCUT2D eigenvalue weighted by Gasteiger charge is 2.35. The van der Waals surface area contributed by atoms with Gasteiger partial charge in [-0.15, -0.1) is 0 Å². The lowest BCUT2D eigenvalue weighted by Gasteiger charge is -2.42. The zero-order valence-electron chi connectivity index (χ0n) is 19.3. The fraction of sp³-hybridized carbons (Fsp3) is 0.609. The van der Waals surface area contributed by atoms with Crippen molar-refractivity contribution in [2.45, 2.75) is 45.3 Å². The number of nitriles is 1. The molecule has 0 spiro atoms. The second-order valence-corrected chi connectivity index (χ2v) is 10.0. The van der Waals surface area contributed by atoms with E-state index in [0.29, 0.717) is 44.2 Å². The number of nitrogens with zero attached hydrogens (tertiary/aromatic N) is 4. The SMILES string of the molecule is CSNC1CN(CC2CCN(C(=O)OC(C)(C)C)CC2)C(=O)N(c2cccc(C#N)c2)C1. The van der Waals surface area contributed by atoms with Crippen LogP contribution in [0.4, 0.5) is 15.3 Å². The van der Waals surface area contributed by atoms with E-state index in [1.165, 1.54) is 0 Å². The maximum atomic E-state index is 13.3. The third-order valence-electron chi connectivity index (χ3n) is 5.66. The van der Waals surface area contributed by atoms with Gasteiger partial charge in [-0.05, 0) is 64.0 Å².